The van der Waals surface area contributed by atoms with E-state index in [4.69, 9.17) is 9.47 Å². The molecule has 1 aromatic carbocycles. The number of aryl methyl sites for hydroxylation is 1. The SMILES string of the molecule is CCOC(=O)c1ccc(C(=O)NCCCOc2cccc3cccnc23)nc1C. The van der Waals surface area contributed by atoms with Gasteiger partial charge in [-0.05, 0) is 44.5 Å². The number of nitrogens with one attached hydrogen (secondary N) is 1. The van der Waals surface area contributed by atoms with Gasteiger partial charge in [0, 0.05) is 18.1 Å². The van der Waals surface area contributed by atoms with Gasteiger partial charge in [0.2, 0.25) is 0 Å². The summed E-state index contributed by atoms with van der Waals surface area (Å²) in [6.07, 6.45) is 2.37. The third kappa shape index (κ3) is 5.07. The highest BCUT2D eigenvalue weighted by Gasteiger charge is 2.14. The van der Waals surface area contributed by atoms with Crippen LogP contribution in [-0.4, -0.2) is 41.6 Å². The summed E-state index contributed by atoms with van der Waals surface area (Å²) in [6, 6.07) is 12.7. The van der Waals surface area contributed by atoms with Crippen LogP contribution in [0.2, 0.25) is 0 Å². The third-order valence-electron chi connectivity index (χ3n) is 4.27. The van der Waals surface area contributed by atoms with Crippen LogP contribution in [0.25, 0.3) is 10.9 Å². The molecule has 0 spiro atoms. The first-order chi connectivity index (χ1) is 14.1. The van der Waals surface area contributed by atoms with Crippen LogP contribution in [0.5, 0.6) is 5.75 Å². The predicted molar refractivity (Wildman–Crippen MR) is 109 cm³/mol. The maximum atomic E-state index is 12.3. The lowest BCUT2D eigenvalue weighted by atomic mass is 10.2. The fourth-order valence-electron chi connectivity index (χ4n) is 2.85. The second-order valence-electron chi connectivity index (χ2n) is 6.34. The normalized spacial score (nSPS) is 10.6. The predicted octanol–water partition coefficient (Wildman–Crippen LogP) is 3.31. The van der Waals surface area contributed by atoms with E-state index in [1.807, 2.05) is 30.3 Å². The highest BCUT2D eigenvalue weighted by molar-refractivity contribution is 5.95. The van der Waals surface area contributed by atoms with E-state index in [9.17, 15) is 9.59 Å². The third-order valence-corrected chi connectivity index (χ3v) is 4.27. The van der Waals surface area contributed by atoms with Crippen LogP contribution < -0.4 is 10.1 Å². The van der Waals surface area contributed by atoms with Crippen LogP contribution in [-0.2, 0) is 4.74 Å². The molecule has 150 valence electrons. The molecule has 0 unspecified atom stereocenters. The Morgan fingerprint density at radius 1 is 1.10 bits per heavy atom. The highest BCUT2D eigenvalue weighted by Crippen LogP contribution is 2.22. The van der Waals surface area contributed by atoms with Crippen molar-refractivity contribution >= 4 is 22.8 Å². The van der Waals surface area contributed by atoms with Crippen molar-refractivity contribution in [3.05, 3.63) is 65.6 Å². The van der Waals surface area contributed by atoms with Crippen molar-refractivity contribution in [2.75, 3.05) is 19.8 Å². The second-order valence-corrected chi connectivity index (χ2v) is 6.34. The maximum Gasteiger partial charge on any atom is 0.339 e. The number of fused-ring (bicyclic) bond motifs is 1. The van der Waals surface area contributed by atoms with Gasteiger partial charge in [-0.1, -0.05) is 18.2 Å². The molecule has 0 atom stereocenters. The Bertz CT molecular complexity index is 1010. The van der Waals surface area contributed by atoms with Gasteiger partial charge < -0.3 is 14.8 Å². The van der Waals surface area contributed by atoms with Gasteiger partial charge in [-0.2, -0.15) is 0 Å². The fraction of sp³-hybridized carbons (Fsp3) is 0.273. The Morgan fingerprint density at radius 3 is 2.72 bits per heavy atom. The Hall–Kier alpha value is -3.48. The largest absolute Gasteiger partial charge is 0.491 e. The molecule has 0 bridgehead atoms. The number of carbonyl (C=O) groups excluding carboxylic acids is 2. The molecule has 29 heavy (non-hydrogen) atoms. The highest BCUT2D eigenvalue weighted by atomic mass is 16.5. The maximum absolute atomic E-state index is 12.3. The number of aromatic nitrogens is 2. The Labute approximate surface area is 169 Å². The van der Waals surface area contributed by atoms with E-state index in [1.165, 1.54) is 6.07 Å². The van der Waals surface area contributed by atoms with Crippen molar-refractivity contribution in [1.29, 1.82) is 0 Å². The number of esters is 1. The smallest absolute Gasteiger partial charge is 0.339 e. The lowest BCUT2D eigenvalue weighted by Crippen LogP contribution is -2.27. The molecule has 1 amide bonds. The standard InChI is InChI=1S/C22H23N3O4/c1-3-28-22(27)17-10-11-18(25-15(17)2)21(26)24-13-6-14-29-19-9-4-7-16-8-5-12-23-20(16)19/h4-5,7-12H,3,6,13-14H2,1-2H3,(H,24,26). The number of carbonyl (C=O) groups is 2. The van der Waals surface area contributed by atoms with Gasteiger partial charge in [-0.15, -0.1) is 0 Å². The fourth-order valence-corrected chi connectivity index (χ4v) is 2.85. The van der Waals surface area contributed by atoms with Gasteiger partial charge in [0.25, 0.3) is 5.91 Å². The first-order valence-electron chi connectivity index (χ1n) is 9.49. The van der Waals surface area contributed by atoms with Crippen molar-refractivity contribution in [2.24, 2.45) is 0 Å². The first-order valence-corrected chi connectivity index (χ1v) is 9.49. The molecule has 0 aliphatic rings. The number of ether oxygens (including phenoxy) is 2. The number of hydrogen-bond acceptors (Lipinski definition) is 6. The Morgan fingerprint density at radius 2 is 1.93 bits per heavy atom. The molecule has 1 N–H and O–H groups in total. The molecule has 3 rings (SSSR count). The van der Waals surface area contributed by atoms with Crippen LogP contribution in [0.3, 0.4) is 0 Å². The monoisotopic (exact) mass is 393 g/mol. The van der Waals surface area contributed by atoms with Crippen molar-refractivity contribution in [2.45, 2.75) is 20.3 Å². The summed E-state index contributed by atoms with van der Waals surface area (Å²) in [6.45, 7) is 4.59. The molecule has 0 radical (unpaired) electrons. The number of pyridine rings is 2. The topological polar surface area (TPSA) is 90.4 Å². The van der Waals surface area contributed by atoms with Crippen molar-refractivity contribution in [3.8, 4) is 5.75 Å². The van der Waals surface area contributed by atoms with E-state index in [1.54, 1.807) is 26.1 Å². The lowest BCUT2D eigenvalue weighted by Gasteiger charge is -2.10. The molecule has 0 aliphatic heterocycles. The van der Waals surface area contributed by atoms with Crippen LogP contribution >= 0.6 is 0 Å². The molecule has 0 saturated carbocycles. The molecule has 7 nitrogen and oxygen atoms in total. The minimum absolute atomic E-state index is 0.259. The number of nitrogens with zero attached hydrogens (tertiary/aromatic N) is 2. The Balaban J connectivity index is 1.49. The molecule has 3 aromatic rings. The summed E-state index contributed by atoms with van der Waals surface area (Å²) in [5.41, 5.74) is 1.90. The quantitative estimate of drug-likeness (QED) is 0.466. The van der Waals surface area contributed by atoms with E-state index >= 15 is 0 Å². The van der Waals surface area contributed by atoms with E-state index in [-0.39, 0.29) is 18.2 Å². The van der Waals surface area contributed by atoms with Gasteiger partial charge >= 0.3 is 5.97 Å². The molecular formula is C22H23N3O4. The van der Waals surface area contributed by atoms with Crippen molar-refractivity contribution < 1.29 is 19.1 Å². The summed E-state index contributed by atoms with van der Waals surface area (Å²) in [7, 11) is 0. The van der Waals surface area contributed by atoms with Gasteiger partial charge in [0.1, 0.15) is 17.0 Å². The average Bonchev–Trinajstić information content (AvgIpc) is 2.73. The van der Waals surface area contributed by atoms with E-state index < -0.39 is 5.97 Å². The summed E-state index contributed by atoms with van der Waals surface area (Å²) in [5, 5.41) is 3.83. The number of hydrogen-bond donors (Lipinski definition) is 1. The van der Waals surface area contributed by atoms with Crippen LogP contribution in [0.1, 0.15) is 39.9 Å². The number of benzene rings is 1. The van der Waals surface area contributed by atoms with Crippen molar-refractivity contribution in [1.82, 2.24) is 15.3 Å². The van der Waals surface area contributed by atoms with E-state index in [0.29, 0.717) is 30.8 Å². The van der Waals surface area contributed by atoms with Gasteiger partial charge in [0.15, 0.2) is 0 Å². The molecular weight excluding hydrogens is 370 g/mol. The molecule has 0 fully saturated rings. The van der Waals surface area contributed by atoms with Crippen LogP contribution in [0.15, 0.2) is 48.7 Å². The van der Waals surface area contributed by atoms with Gasteiger partial charge in [0.05, 0.1) is 24.5 Å². The molecule has 7 heteroatoms. The lowest BCUT2D eigenvalue weighted by molar-refractivity contribution is 0.0524. The van der Waals surface area contributed by atoms with E-state index in [2.05, 4.69) is 15.3 Å². The zero-order valence-electron chi connectivity index (χ0n) is 16.5. The molecule has 2 aromatic heterocycles. The summed E-state index contributed by atoms with van der Waals surface area (Å²) >= 11 is 0. The first kappa shape index (κ1) is 20.3. The molecule has 0 saturated heterocycles. The van der Waals surface area contributed by atoms with Crippen LogP contribution in [0, 0.1) is 6.92 Å². The minimum Gasteiger partial charge on any atom is -0.491 e. The van der Waals surface area contributed by atoms with Crippen molar-refractivity contribution in [3.63, 3.8) is 0 Å². The Kier molecular flexibility index (Phi) is 6.73. The zero-order valence-corrected chi connectivity index (χ0v) is 16.5. The van der Waals surface area contributed by atoms with Crippen LogP contribution in [0.4, 0.5) is 0 Å². The summed E-state index contributed by atoms with van der Waals surface area (Å²) in [5.74, 6) is -0.0128. The summed E-state index contributed by atoms with van der Waals surface area (Å²) in [4.78, 5) is 32.6. The number of amides is 1. The molecule has 2 heterocycles. The average molecular weight is 393 g/mol. The van der Waals surface area contributed by atoms with E-state index in [0.717, 1.165) is 16.7 Å². The molecule has 0 aliphatic carbocycles. The number of para-hydroxylation sites is 1. The minimum atomic E-state index is -0.440. The zero-order chi connectivity index (χ0) is 20.6. The van der Waals surface area contributed by atoms with Gasteiger partial charge in [-0.3, -0.25) is 9.78 Å². The van der Waals surface area contributed by atoms with Gasteiger partial charge in [-0.25, -0.2) is 9.78 Å². The summed E-state index contributed by atoms with van der Waals surface area (Å²) < 4.78 is 10.8. The number of rotatable bonds is 8. The second kappa shape index (κ2) is 9.64.